The first-order valence-corrected chi connectivity index (χ1v) is 6.05. The lowest BCUT2D eigenvalue weighted by molar-refractivity contribution is 0.118. The second-order valence-corrected chi connectivity index (χ2v) is 4.15. The Morgan fingerprint density at radius 3 is 2.33 bits per heavy atom. The van der Waals surface area contributed by atoms with Crippen molar-refractivity contribution in [1.29, 1.82) is 0 Å². The Morgan fingerprint density at radius 2 is 1.78 bits per heavy atom. The molecule has 0 saturated carbocycles. The van der Waals surface area contributed by atoms with Gasteiger partial charge in [-0.3, -0.25) is 4.90 Å². The molecule has 0 fully saturated rings. The topological polar surface area (TPSA) is 63.9 Å². The van der Waals surface area contributed by atoms with Gasteiger partial charge in [0.1, 0.15) is 5.82 Å². The van der Waals surface area contributed by atoms with Crippen LogP contribution in [0.1, 0.15) is 18.1 Å². The molecule has 5 heteroatoms. The first-order chi connectivity index (χ1) is 8.67. The summed E-state index contributed by atoms with van der Waals surface area (Å²) >= 11 is 0. The van der Waals surface area contributed by atoms with Gasteiger partial charge in [-0.2, -0.15) is 0 Å². The van der Waals surface area contributed by atoms with E-state index in [-0.39, 0.29) is 19.0 Å². The molecule has 1 atom stereocenters. The van der Waals surface area contributed by atoms with Gasteiger partial charge in [0.15, 0.2) is 0 Å². The highest BCUT2D eigenvalue weighted by Crippen LogP contribution is 2.17. The Kier molecular flexibility index (Phi) is 6.82. The smallest absolute Gasteiger partial charge is 0.123 e. The summed E-state index contributed by atoms with van der Waals surface area (Å²) < 4.78 is 13.0. The Morgan fingerprint density at radius 1 is 1.11 bits per heavy atom. The quantitative estimate of drug-likeness (QED) is 0.636. The van der Waals surface area contributed by atoms with Crippen molar-refractivity contribution >= 4 is 0 Å². The summed E-state index contributed by atoms with van der Waals surface area (Å²) in [5.41, 5.74) is 0.544. The second kappa shape index (κ2) is 8.16. The molecule has 0 aliphatic heterocycles. The average molecular weight is 257 g/mol. The number of halogens is 1. The normalized spacial score (nSPS) is 12.9. The number of hydrogen-bond acceptors (Lipinski definition) is 4. The van der Waals surface area contributed by atoms with Crippen LogP contribution in [0.5, 0.6) is 0 Å². The third-order valence-electron chi connectivity index (χ3n) is 2.78. The zero-order valence-corrected chi connectivity index (χ0v) is 10.3. The Labute approximate surface area is 106 Å². The number of nitrogens with zero attached hydrogens (tertiary/aromatic N) is 1. The highest BCUT2D eigenvalue weighted by molar-refractivity contribution is 5.18. The number of benzene rings is 1. The molecular weight excluding hydrogens is 237 g/mol. The van der Waals surface area contributed by atoms with Gasteiger partial charge in [-0.25, -0.2) is 4.39 Å². The molecule has 102 valence electrons. The molecule has 18 heavy (non-hydrogen) atoms. The van der Waals surface area contributed by atoms with Gasteiger partial charge >= 0.3 is 0 Å². The van der Waals surface area contributed by atoms with Gasteiger partial charge in [-0.1, -0.05) is 12.1 Å². The van der Waals surface area contributed by atoms with E-state index in [1.807, 2.05) is 4.90 Å². The first-order valence-electron chi connectivity index (χ1n) is 6.05. The lowest BCUT2D eigenvalue weighted by Crippen LogP contribution is -2.31. The molecule has 0 amide bonds. The SMILES string of the molecule is OCCN(CCO)CCC(O)c1cccc(F)c1. The molecule has 1 aromatic rings. The van der Waals surface area contributed by atoms with Crippen LogP contribution in [0.3, 0.4) is 0 Å². The standard InChI is InChI=1S/C13H20FNO3/c14-12-3-1-2-11(10-12)13(18)4-5-15(6-8-16)7-9-17/h1-3,10,13,16-18H,4-9H2. The van der Waals surface area contributed by atoms with Gasteiger partial charge in [0.25, 0.3) is 0 Å². The summed E-state index contributed by atoms with van der Waals surface area (Å²) in [4.78, 5) is 1.85. The van der Waals surface area contributed by atoms with Crippen LogP contribution in [0.25, 0.3) is 0 Å². The van der Waals surface area contributed by atoms with E-state index >= 15 is 0 Å². The van der Waals surface area contributed by atoms with Crippen LogP contribution in [-0.4, -0.2) is 53.1 Å². The molecular formula is C13H20FNO3. The predicted octanol–water partition coefficient (Wildman–Crippen LogP) is 0.536. The molecule has 0 aliphatic rings. The maximum absolute atomic E-state index is 13.0. The van der Waals surface area contributed by atoms with Gasteiger partial charge in [0.05, 0.1) is 19.3 Å². The van der Waals surface area contributed by atoms with Gasteiger partial charge in [0, 0.05) is 19.6 Å². The second-order valence-electron chi connectivity index (χ2n) is 4.15. The van der Waals surface area contributed by atoms with E-state index < -0.39 is 6.10 Å². The third kappa shape index (κ3) is 5.10. The number of aliphatic hydroxyl groups excluding tert-OH is 3. The Hall–Kier alpha value is -1.01. The Bertz CT molecular complexity index is 343. The van der Waals surface area contributed by atoms with Crippen LogP contribution >= 0.6 is 0 Å². The maximum atomic E-state index is 13.0. The van der Waals surface area contributed by atoms with Crippen LogP contribution in [0, 0.1) is 5.82 Å². The molecule has 4 nitrogen and oxygen atoms in total. The minimum absolute atomic E-state index is 0.00998. The summed E-state index contributed by atoms with van der Waals surface area (Å²) in [6, 6.07) is 5.89. The van der Waals surface area contributed by atoms with Crippen molar-refractivity contribution in [3.8, 4) is 0 Å². The summed E-state index contributed by atoms with van der Waals surface area (Å²) in [5, 5.41) is 27.6. The highest BCUT2D eigenvalue weighted by Gasteiger charge is 2.11. The van der Waals surface area contributed by atoms with E-state index in [1.165, 1.54) is 12.1 Å². The van der Waals surface area contributed by atoms with Gasteiger partial charge in [-0.05, 0) is 24.1 Å². The zero-order valence-electron chi connectivity index (χ0n) is 10.3. The summed E-state index contributed by atoms with van der Waals surface area (Å²) in [7, 11) is 0. The molecule has 0 heterocycles. The van der Waals surface area contributed by atoms with Crippen LogP contribution in [0.4, 0.5) is 4.39 Å². The minimum atomic E-state index is -0.736. The van der Waals surface area contributed by atoms with E-state index in [0.717, 1.165) is 0 Å². The fraction of sp³-hybridized carbons (Fsp3) is 0.538. The van der Waals surface area contributed by atoms with Crippen molar-refractivity contribution < 1.29 is 19.7 Å². The molecule has 1 unspecified atom stereocenters. The molecule has 1 aromatic carbocycles. The summed E-state index contributed by atoms with van der Waals surface area (Å²) in [6.07, 6.45) is -0.302. The van der Waals surface area contributed by atoms with Crippen LogP contribution < -0.4 is 0 Å². The molecule has 1 rings (SSSR count). The van der Waals surface area contributed by atoms with E-state index in [4.69, 9.17) is 10.2 Å². The molecule has 0 saturated heterocycles. The summed E-state index contributed by atoms with van der Waals surface area (Å²) in [5.74, 6) is -0.367. The minimum Gasteiger partial charge on any atom is -0.395 e. The fourth-order valence-corrected chi connectivity index (χ4v) is 1.80. The average Bonchev–Trinajstić information content (AvgIpc) is 2.36. The van der Waals surface area contributed by atoms with Crippen molar-refractivity contribution in [3.63, 3.8) is 0 Å². The van der Waals surface area contributed by atoms with E-state index in [2.05, 4.69) is 0 Å². The van der Waals surface area contributed by atoms with Crippen molar-refractivity contribution in [3.05, 3.63) is 35.6 Å². The number of rotatable bonds is 8. The fourth-order valence-electron chi connectivity index (χ4n) is 1.80. The number of aliphatic hydroxyl groups is 3. The largest absolute Gasteiger partial charge is 0.395 e. The lowest BCUT2D eigenvalue weighted by atomic mass is 10.1. The molecule has 3 N–H and O–H groups in total. The van der Waals surface area contributed by atoms with Gasteiger partial charge in [-0.15, -0.1) is 0 Å². The Balaban J connectivity index is 2.46. The summed E-state index contributed by atoms with van der Waals surface area (Å²) in [6.45, 7) is 1.47. The molecule has 0 aliphatic carbocycles. The van der Waals surface area contributed by atoms with E-state index in [9.17, 15) is 9.50 Å². The van der Waals surface area contributed by atoms with E-state index in [1.54, 1.807) is 12.1 Å². The first kappa shape index (κ1) is 15.0. The molecule has 0 aromatic heterocycles. The van der Waals surface area contributed by atoms with Crippen molar-refractivity contribution in [2.24, 2.45) is 0 Å². The number of hydrogen-bond donors (Lipinski definition) is 3. The van der Waals surface area contributed by atoms with Crippen LogP contribution in [0.2, 0.25) is 0 Å². The molecule has 0 radical (unpaired) electrons. The van der Waals surface area contributed by atoms with Crippen molar-refractivity contribution in [2.45, 2.75) is 12.5 Å². The predicted molar refractivity (Wildman–Crippen MR) is 66.6 cm³/mol. The lowest BCUT2D eigenvalue weighted by Gasteiger charge is -2.21. The maximum Gasteiger partial charge on any atom is 0.123 e. The highest BCUT2D eigenvalue weighted by atomic mass is 19.1. The van der Waals surface area contributed by atoms with Crippen molar-refractivity contribution in [2.75, 3.05) is 32.8 Å². The molecule has 0 bridgehead atoms. The van der Waals surface area contributed by atoms with Crippen LogP contribution in [-0.2, 0) is 0 Å². The monoisotopic (exact) mass is 257 g/mol. The van der Waals surface area contributed by atoms with Gasteiger partial charge < -0.3 is 15.3 Å². The van der Waals surface area contributed by atoms with E-state index in [0.29, 0.717) is 31.6 Å². The van der Waals surface area contributed by atoms with Crippen molar-refractivity contribution in [1.82, 2.24) is 4.90 Å². The zero-order chi connectivity index (χ0) is 13.4. The van der Waals surface area contributed by atoms with Crippen LogP contribution in [0.15, 0.2) is 24.3 Å². The van der Waals surface area contributed by atoms with Gasteiger partial charge in [0.2, 0.25) is 0 Å². The molecule has 0 spiro atoms. The third-order valence-corrected chi connectivity index (χ3v) is 2.78.